The van der Waals surface area contributed by atoms with Crippen LogP contribution >= 0.6 is 0 Å². The second-order valence-corrected chi connectivity index (χ2v) is 3.10. The Morgan fingerprint density at radius 1 is 1.27 bits per heavy atom. The van der Waals surface area contributed by atoms with Crippen LogP contribution in [0.25, 0.3) is 0 Å². The van der Waals surface area contributed by atoms with Crippen molar-refractivity contribution >= 4 is 0 Å². The van der Waals surface area contributed by atoms with Gasteiger partial charge in [-0.2, -0.15) is 23.3 Å². The zero-order chi connectivity index (χ0) is 8.81. The molecule has 0 saturated carbocycles. The first kappa shape index (κ1) is 21.1. The molecule has 0 fully saturated rings. The largest absolute Gasteiger partial charge is 3.00 e. The molecule has 0 bridgehead atoms. The predicted octanol–water partition coefficient (Wildman–Crippen LogP) is -3.71. The van der Waals surface area contributed by atoms with Gasteiger partial charge in [-0.25, -0.2) is 6.07 Å². The first-order chi connectivity index (χ1) is 5.88. The second-order valence-electron chi connectivity index (χ2n) is 3.10. The molecule has 15 heavy (non-hydrogen) atoms. The number of halogens is 2. The summed E-state index contributed by atoms with van der Waals surface area (Å²) in [6, 6.07) is 6.69. The summed E-state index contributed by atoms with van der Waals surface area (Å²) < 4.78 is 0. The van der Waals surface area contributed by atoms with Gasteiger partial charge in [0.15, 0.2) is 0 Å². The van der Waals surface area contributed by atoms with Crippen molar-refractivity contribution in [1.29, 1.82) is 0 Å². The summed E-state index contributed by atoms with van der Waals surface area (Å²) in [6.07, 6.45) is 5.44. The number of aliphatic hydroxyl groups excluding tert-OH is 1. The van der Waals surface area contributed by atoms with E-state index in [1.165, 1.54) is 25.7 Å². The number of fused-ring (bicyclic) bond motifs is 1. The van der Waals surface area contributed by atoms with E-state index in [-0.39, 0.29) is 57.6 Å². The topological polar surface area (TPSA) is 20.2 Å². The third kappa shape index (κ3) is 7.63. The van der Waals surface area contributed by atoms with E-state index in [4.69, 9.17) is 5.11 Å². The molecule has 1 aliphatic rings. The Morgan fingerprint density at radius 3 is 2.33 bits per heavy atom. The van der Waals surface area contributed by atoms with Crippen LogP contribution in [-0.4, -0.2) is 11.7 Å². The van der Waals surface area contributed by atoms with Gasteiger partial charge in [-0.15, -0.1) is 0 Å². The number of hydrogen-bond donors (Lipinski definition) is 1. The maximum atomic E-state index is 7.57. The molecule has 1 aromatic rings. The van der Waals surface area contributed by atoms with Gasteiger partial charge in [-0.05, 0) is 6.92 Å². The van der Waals surface area contributed by atoms with Crippen LogP contribution in [0.4, 0.5) is 0 Å². The quantitative estimate of drug-likeness (QED) is 0.486. The van der Waals surface area contributed by atoms with E-state index in [1.807, 2.05) is 0 Å². The molecule has 1 N–H and O–H groups in total. The smallest absolute Gasteiger partial charge is 1.00 e. The molecule has 1 aliphatic carbocycles. The van der Waals surface area contributed by atoms with Gasteiger partial charge < -0.3 is 29.9 Å². The van der Waals surface area contributed by atoms with Crippen LogP contribution in [-0.2, 0) is 39.0 Å². The van der Waals surface area contributed by atoms with E-state index in [1.54, 1.807) is 18.1 Å². The molecule has 0 saturated heterocycles. The van der Waals surface area contributed by atoms with Gasteiger partial charge in [0.1, 0.15) is 0 Å². The van der Waals surface area contributed by atoms with Crippen LogP contribution in [0, 0.1) is 0 Å². The molecule has 1 nitrogen and oxygen atoms in total. The average Bonchev–Trinajstić information content (AvgIpc) is 2.52. The summed E-state index contributed by atoms with van der Waals surface area (Å²) in [4.78, 5) is 0. The molecular formula is C11H17Cl2OZr. The van der Waals surface area contributed by atoms with Gasteiger partial charge in [0, 0.05) is 6.61 Å². The van der Waals surface area contributed by atoms with Crippen LogP contribution < -0.4 is 24.8 Å². The third-order valence-electron chi connectivity index (χ3n) is 2.15. The molecule has 0 spiro atoms. The predicted molar refractivity (Wildman–Crippen MR) is 51.4 cm³/mol. The molecule has 0 amide bonds. The number of hydrogen-bond acceptors (Lipinski definition) is 1. The Bertz CT molecular complexity index is 206. The first-order valence-corrected chi connectivity index (χ1v) is 4.72. The molecule has 0 aromatic heterocycles. The Labute approximate surface area is 124 Å². The molecule has 0 aliphatic heterocycles. The number of aliphatic hydroxyl groups is 1. The van der Waals surface area contributed by atoms with Crippen LogP contribution in [0.2, 0.25) is 0 Å². The van der Waals surface area contributed by atoms with Crippen molar-refractivity contribution in [3.05, 3.63) is 29.3 Å². The van der Waals surface area contributed by atoms with E-state index in [0.29, 0.717) is 0 Å². The van der Waals surface area contributed by atoms with E-state index >= 15 is 0 Å². The van der Waals surface area contributed by atoms with E-state index < -0.39 is 0 Å². The van der Waals surface area contributed by atoms with Gasteiger partial charge in [0.05, 0.1) is 0 Å². The summed E-state index contributed by atoms with van der Waals surface area (Å²) in [5.41, 5.74) is 3.20. The fourth-order valence-electron chi connectivity index (χ4n) is 1.61. The van der Waals surface area contributed by atoms with E-state index in [9.17, 15) is 0 Å². The van der Waals surface area contributed by atoms with E-state index in [2.05, 4.69) is 18.2 Å². The Kier molecular flexibility index (Phi) is 18.1. The van der Waals surface area contributed by atoms with Crippen molar-refractivity contribution < 1.29 is 56.1 Å². The minimum Gasteiger partial charge on any atom is -1.00 e. The molecule has 0 unspecified atom stereocenters. The summed E-state index contributed by atoms with van der Waals surface area (Å²) >= 11 is 0. The summed E-state index contributed by atoms with van der Waals surface area (Å²) in [5, 5.41) is 7.57. The van der Waals surface area contributed by atoms with Crippen molar-refractivity contribution in [3.63, 3.8) is 0 Å². The standard InChI is InChI=1S/C9H11.C2H6O.2ClH.Zr/c1-2-5-9-7-3-6-8(9)4-1;1-2-3;;;/h3,6-7H,1-2,4-5H2;3H,2H2,1H3;2*1H;/q-1;;;;+3/p-2. The molecule has 85 valence electrons. The van der Waals surface area contributed by atoms with Crippen LogP contribution in [0.3, 0.4) is 0 Å². The van der Waals surface area contributed by atoms with Crippen LogP contribution in [0.5, 0.6) is 0 Å². The minimum atomic E-state index is 0. The SMILES string of the molecule is CCO.[Cl-].[Cl-].[Zr+3].c1cc2c([cH-]1)CCCC2. The van der Waals surface area contributed by atoms with Crippen molar-refractivity contribution in [3.8, 4) is 0 Å². The molecule has 0 heterocycles. The number of rotatable bonds is 0. The zero-order valence-corrected chi connectivity index (χ0v) is 12.9. The maximum Gasteiger partial charge on any atom is 3.00 e. The molecular weight excluding hydrogens is 310 g/mol. The molecule has 0 atom stereocenters. The Hall–Kier alpha value is 0.773. The first-order valence-electron chi connectivity index (χ1n) is 4.72. The van der Waals surface area contributed by atoms with Gasteiger partial charge in [-0.3, -0.25) is 0 Å². The average molecular weight is 327 g/mol. The maximum absolute atomic E-state index is 7.57. The number of aryl methyl sites for hydroxylation is 2. The molecule has 4 heteroatoms. The van der Waals surface area contributed by atoms with Crippen molar-refractivity contribution in [1.82, 2.24) is 0 Å². The fourth-order valence-corrected chi connectivity index (χ4v) is 1.61. The monoisotopic (exact) mass is 325 g/mol. The van der Waals surface area contributed by atoms with Gasteiger partial charge in [-0.1, -0.05) is 25.7 Å². The van der Waals surface area contributed by atoms with Gasteiger partial charge >= 0.3 is 26.2 Å². The van der Waals surface area contributed by atoms with Crippen molar-refractivity contribution in [2.24, 2.45) is 0 Å². The molecule has 2 rings (SSSR count). The summed E-state index contributed by atoms with van der Waals surface area (Å²) in [6.45, 7) is 1.93. The Morgan fingerprint density at radius 2 is 1.80 bits per heavy atom. The van der Waals surface area contributed by atoms with Crippen LogP contribution in [0.15, 0.2) is 18.2 Å². The van der Waals surface area contributed by atoms with Crippen LogP contribution in [0.1, 0.15) is 30.9 Å². The van der Waals surface area contributed by atoms with Gasteiger partial charge in [0.25, 0.3) is 0 Å². The fraction of sp³-hybridized carbons (Fsp3) is 0.545. The molecule has 1 radical (unpaired) electrons. The summed E-state index contributed by atoms with van der Waals surface area (Å²) in [5.74, 6) is 0. The molecule has 1 aromatic carbocycles. The Balaban J connectivity index is -0.000000220. The normalized spacial score (nSPS) is 11.6. The van der Waals surface area contributed by atoms with Crippen molar-refractivity contribution in [2.45, 2.75) is 32.6 Å². The van der Waals surface area contributed by atoms with E-state index in [0.717, 1.165) is 0 Å². The second kappa shape index (κ2) is 12.8. The van der Waals surface area contributed by atoms with Crippen molar-refractivity contribution in [2.75, 3.05) is 6.61 Å². The minimum absolute atomic E-state index is 0. The summed E-state index contributed by atoms with van der Waals surface area (Å²) in [7, 11) is 0. The van der Waals surface area contributed by atoms with Gasteiger partial charge in [0.2, 0.25) is 0 Å². The third-order valence-corrected chi connectivity index (χ3v) is 2.15. The zero-order valence-electron chi connectivity index (χ0n) is 8.97.